The maximum Gasteiger partial charge on any atom is 0.326 e. The van der Waals surface area contributed by atoms with Crippen LogP contribution < -0.4 is 22.5 Å². The Morgan fingerprint density at radius 1 is 0.971 bits per heavy atom. The van der Waals surface area contributed by atoms with Gasteiger partial charge in [-0.25, -0.2) is 4.79 Å². The van der Waals surface area contributed by atoms with Gasteiger partial charge in [0.05, 0.1) is 12.5 Å². The van der Waals surface area contributed by atoms with Crippen molar-refractivity contribution in [2.24, 2.45) is 22.2 Å². The molecule has 3 amide bonds. The van der Waals surface area contributed by atoms with E-state index in [-0.39, 0.29) is 32.0 Å². The lowest BCUT2D eigenvalue weighted by Crippen LogP contribution is -2.56. The van der Waals surface area contributed by atoms with Crippen LogP contribution in [0.2, 0.25) is 0 Å². The lowest BCUT2D eigenvalue weighted by Gasteiger charge is -2.30. The van der Waals surface area contributed by atoms with Crippen molar-refractivity contribution in [1.29, 1.82) is 0 Å². The van der Waals surface area contributed by atoms with E-state index in [1.807, 2.05) is 0 Å². The fourth-order valence-electron chi connectivity index (χ4n) is 4.31. The number of aliphatic carboxylic acids is 2. The number of carbonyl (C=O) groups excluding carboxylic acids is 3. The first kappa shape index (κ1) is 26.8. The van der Waals surface area contributed by atoms with Crippen molar-refractivity contribution < 1.29 is 34.2 Å². The molecule has 190 valence electrons. The highest BCUT2D eigenvalue weighted by Crippen LogP contribution is 2.22. The number of carboxylic acids is 2. The Labute approximate surface area is 196 Å². The van der Waals surface area contributed by atoms with E-state index in [0.717, 1.165) is 0 Å². The molecule has 2 aliphatic heterocycles. The fourth-order valence-corrected chi connectivity index (χ4v) is 4.31. The summed E-state index contributed by atoms with van der Waals surface area (Å²) in [5, 5.41) is 21.0. The van der Waals surface area contributed by atoms with E-state index in [0.29, 0.717) is 32.1 Å². The first-order valence-electron chi connectivity index (χ1n) is 11.2. The standard InChI is InChI=1S/C20H33N7O7/c21-11(10-15(28)29)17(31)26-8-2-5-13(26)16(30)25-12(4-1-7-24-20(22)23)18(32)27-9-3-6-14(27)19(33)34/h11-14H,1-10,21H2,(H,25,30)(H,28,29)(H,33,34)(H4,22,23,24). The van der Waals surface area contributed by atoms with E-state index >= 15 is 0 Å². The quantitative estimate of drug-likeness (QED) is 0.102. The zero-order valence-electron chi connectivity index (χ0n) is 18.9. The van der Waals surface area contributed by atoms with Crippen LogP contribution >= 0.6 is 0 Å². The topological polar surface area (TPSA) is 235 Å². The Morgan fingerprint density at radius 3 is 2.12 bits per heavy atom. The van der Waals surface area contributed by atoms with E-state index in [2.05, 4.69) is 10.3 Å². The highest BCUT2D eigenvalue weighted by molar-refractivity contribution is 5.95. The Kier molecular flexibility index (Phi) is 9.59. The highest BCUT2D eigenvalue weighted by atomic mass is 16.4. The molecule has 0 bridgehead atoms. The zero-order valence-corrected chi connectivity index (χ0v) is 18.9. The molecule has 14 nitrogen and oxygen atoms in total. The smallest absolute Gasteiger partial charge is 0.326 e. The molecule has 4 atom stereocenters. The van der Waals surface area contributed by atoms with Gasteiger partial charge in [0.15, 0.2) is 5.96 Å². The summed E-state index contributed by atoms with van der Waals surface area (Å²) in [6.07, 6.45) is 1.63. The van der Waals surface area contributed by atoms with Gasteiger partial charge in [0.1, 0.15) is 18.1 Å². The predicted octanol–water partition coefficient (Wildman–Crippen LogP) is -2.61. The van der Waals surface area contributed by atoms with Gasteiger partial charge in [0, 0.05) is 19.6 Å². The molecule has 2 saturated heterocycles. The molecule has 2 fully saturated rings. The summed E-state index contributed by atoms with van der Waals surface area (Å²) in [5.41, 5.74) is 16.3. The number of hydrogen-bond donors (Lipinski definition) is 6. The monoisotopic (exact) mass is 483 g/mol. The Hall–Kier alpha value is -3.42. The van der Waals surface area contributed by atoms with Crippen LogP contribution in [0.25, 0.3) is 0 Å². The van der Waals surface area contributed by atoms with Gasteiger partial charge in [-0.3, -0.25) is 24.2 Å². The molecule has 14 heteroatoms. The van der Waals surface area contributed by atoms with Crippen LogP contribution in [-0.4, -0.2) is 99.4 Å². The predicted molar refractivity (Wildman–Crippen MR) is 119 cm³/mol. The van der Waals surface area contributed by atoms with Gasteiger partial charge >= 0.3 is 11.9 Å². The van der Waals surface area contributed by atoms with Crippen LogP contribution in [0.15, 0.2) is 4.99 Å². The number of amides is 3. The third-order valence-electron chi connectivity index (χ3n) is 5.93. The second kappa shape index (κ2) is 12.2. The minimum atomic E-state index is -1.29. The molecule has 2 aliphatic rings. The van der Waals surface area contributed by atoms with Crippen molar-refractivity contribution in [1.82, 2.24) is 15.1 Å². The normalized spacial score (nSPS) is 21.6. The summed E-state index contributed by atoms with van der Waals surface area (Å²) in [6, 6.07) is -4.20. The van der Waals surface area contributed by atoms with Crippen LogP contribution in [0.5, 0.6) is 0 Å². The number of nitrogens with zero attached hydrogens (tertiary/aromatic N) is 3. The molecular weight excluding hydrogens is 450 g/mol. The summed E-state index contributed by atoms with van der Waals surface area (Å²) in [6.45, 7) is 0.705. The summed E-state index contributed by atoms with van der Waals surface area (Å²) in [5.74, 6) is -4.22. The van der Waals surface area contributed by atoms with E-state index in [9.17, 15) is 29.1 Å². The molecule has 0 aromatic carbocycles. The van der Waals surface area contributed by atoms with Crippen molar-refractivity contribution in [3.8, 4) is 0 Å². The van der Waals surface area contributed by atoms with Crippen molar-refractivity contribution >= 4 is 35.6 Å². The molecule has 34 heavy (non-hydrogen) atoms. The molecule has 9 N–H and O–H groups in total. The lowest BCUT2D eigenvalue weighted by molar-refractivity contribution is -0.150. The molecule has 2 heterocycles. The van der Waals surface area contributed by atoms with Gasteiger partial charge < -0.3 is 42.5 Å². The fraction of sp³-hybridized carbons (Fsp3) is 0.700. The van der Waals surface area contributed by atoms with Crippen LogP contribution in [0.3, 0.4) is 0 Å². The molecule has 0 saturated carbocycles. The van der Waals surface area contributed by atoms with Gasteiger partial charge in [-0.1, -0.05) is 0 Å². The van der Waals surface area contributed by atoms with Crippen LogP contribution in [0.1, 0.15) is 44.9 Å². The average molecular weight is 484 g/mol. The molecule has 0 aromatic rings. The number of rotatable bonds is 11. The Balaban J connectivity index is 2.13. The first-order chi connectivity index (χ1) is 16.0. The third-order valence-corrected chi connectivity index (χ3v) is 5.93. The summed E-state index contributed by atoms with van der Waals surface area (Å²) in [4.78, 5) is 67.6. The maximum atomic E-state index is 13.2. The van der Waals surface area contributed by atoms with Crippen molar-refractivity contribution in [2.75, 3.05) is 19.6 Å². The van der Waals surface area contributed by atoms with E-state index in [1.54, 1.807) is 0 Å². The van der Waals surface area contributed by atoms with E-state index < -0.39 is 60.2 Å². The minimum absolute atomic E-state index is 0.116. The third kappa shape index (κ3) is 7.04. The SMILES string of the molecule is NC(N)=NCCCC(NC(=O)C1CCCN1C(=O)C(N)CC(=O)O)C(=O)N1CCCC1C(=O)O. The van der Waals surface area contributed by atoms with Crippen molar-refractivity contribution in [3.05, 3.63) is 0 Å². The van der Waals surface area contributed by atoms with Gasteiger partial charge in [0.25, 0.3) is 0 Å². The molecule has 0 radical (unpaired) electrons. The number of nitrogens with two attached hydrogens (primary N) is 3. The number of carbonyl (C=O) groups is 5. The highest BCUT2D eigenvalue weighted by Gasteiger charge is 2.40. The van der Waals surface area contributed by atoms with Crippen molar-refractivity contribution in [3.63, 3.8) is 0 Å². The van der Waals surface area contributed by atoms with Crippen molar-refractivity contribution in [2.45, 2.75) is 69.1 Å². The summed E-state index contributed by atoms with van der Waals surface area (Å²) in [7, 11) is 0. The number of nitrogens with one attached hydrogen (secondary N) is 1. The van der Waals surface area contributed by atoms with Gasteiger partial charge in [0.2, 0.25) is 17.7 Å². The number of aliphatic imine (C=N–C) groups is 1. The number of carboxylic acid groups (broad SMARTS) is 2. The molecule has 0 aromatic heterocycles. The lowest BCUT2D eigenvalue weighted by atomic mass is 10.1. The molecule has 0 aliphatic carbocycles. The maximum absolute atomic E-state index is 13.2. The van der Waals surface area contributed by atoms with Gasteiger partial charge in [-0.05, 0) is 38.5 Å². The van der Waals surface area contributed by atoms with Crippen LogP contribution in [0, 0.1) is 0 Å². The van der Waals surface area contributed by atoms with Gasteiger partial charge in [-0.2, -0.15) is 0 Å². The number of guanidine groups is 1. The second-order valence-corrected chi connectivity index (χ2v) is 8.43. The first-order valence-corrected chi connectivity index (χ1v) is 11.2. The summed E-state index contributed by atoms with van der Waals surface area (Å²) < 4.78 is 0. The minimum Gasteiger partial charge on any atom is -0.481 e. The van der Waals surface area contributed by atoms with E-state index in [4.69, 9.17) is 22.3 Å². The number of likely N-dealkylation sites (tertiary alicyclic amines) is 2. The molecule has 2 rings (SSSR count). The zero-order chi connectivity index (χ0) is 25.4. The second-order valence-electron chi connectivity index (χ2n) is 8.43. The van der Waals surface area contributed by atoms with Gasteiger partial charge in [-0.15, -0.1) is 0 Å². The molecule has 0 spiro atoms. The number of hydrogen-bond acceptors (Lipinski definition) is 7. The molecular formula is C20H33N7O7. The Morgan fingerprint density at radius 2 is 1.56 bits per heavy atom. The van der Waals surface area contributed by atoms with Crippen LogP contribution in [-0.2, 0) is 24.0 Å². The summed E-state index contributed by atoms with van der Waals surface area (Å²) >= 11 is 0. The van der Waals surface area contributed by atoms with Crippen LogP contribution in [0.4, 0.5) is 0 Å². The Bertz CT molecular complexity index is 830. The molecule has 4 unspecified atom stereocenters. The average Bonchev–Trinajstić information content (AvgIpc) is 3.43. The van der Waals surface area contributed by atoms with E-state index in [1.165, 1.54) is 9.80 Å². The largest absolute Gasteiger partial charge is 0.481 e.